The van der Waals surface area contributed by atoms with Gasteiger partial charge in [-0.15, -0.1) is 0 Å². The minimum atomic E-state index is -4.18. The van der Waals surface area contributed by atoms with Crippen LogP contribution in [0, 0.1) is 0 Å². The number of anilines is 1. The van der Waals surface area contributed by atoms with Crippen molar-refractivity contribution in [1.29, 1.82) is 0 Å². The normalized spacial score (nSPS) is 19.3. The summed E-state index contributed by atoms with van der Waals surface area (Å²) in [6, 6.07) is 3.69. The smallest absolute Gasteiger partial charge is 0.343 e. The average Bonchev–Trinajstić information content (AvgIpc) is 2.80. The second-order valence-corrected chi connectivity index (χ2v) is 6.62. The molecule has 104 valence electrons. The Labute approximate surface area is 119 Å². The Morgan fingerprint density at radius 2 is 2.21 bits per heavy atom. The molecule has 0 aromatic heterocycles. The second kappa shape index (κ2) is 5.48. The third-order valence-corrected chi connectivity index (χ3v) is 4.57. The number of hydrogen-bond donors (Lipinski definition) is 2. The van der Waals surface area contributed by atoms with Crippen molar-refractivity contribution in [1.82, 2.24) is 5.32 Å². The van der Waals surface area contributed by atoms with Crippen molar-refractivity contribution in [3.05, 3.63) is 22.7 Å². The number of nitrogens with one attached hydrogen (secondary N) is 1. The summed E-state index contributed by atoms with van der Waals surface area (Å²) in [6.45, 7) is 0.681. The van der Waals surface area contributed by atoms with Gasteiger partial charge < -0.3 is 15.2 Å². The van der Waals surface area contributed by atoms with E-state index in [2.05, 4.69) is 25.4 Å². The molecule has 1 heterocycles. The third-order valence-electron chi connectivity index (χ3n) is 2.78. The molecule has 1 aliphatic heterocycles. The van der Waals surface area contributed by atoms with Crippen molar-refractivity contribution in [3.8, 4) is 0 Å². The summed E-state index contributed by atoms with van der Waals surface area (Å²) in [5.41, 5.74) is 5.65. The maximum absolute atomic E-state index is 12.0. The van der Waals surface area contributed by atoms with Crippen LogP contribution in [0.1, 0.15) is 12.8 Å². The van der Waals surface area contributed by atoms with E-state index in [9.17, 15) is 13.2 Å². The predicted molar refractivity (Wildman–Crippen MR) is 72.9 cm³/mol. The fraction of sp³-hybridized carbons (Fsp3) is 0.364. The van der Waals surface area contributed by atoms with Gasteiger partial charge in [-0.1, -0.05) is 15.9 Å². The standard InChI is InChI=1S/C11H13BrN2O4S/c12-7-3-4-10(8(13)6-7)19(16,17)18-11(15)9-2-1-5-14-9/h3-4,6,9,14H,1-2,5,13H2/t9-/m0/s1. The molecule has 1 aromatic rings. The van der Waals surface area contributed by atoms with Crippen molar-refractivity contribution in [2.24, 2.45) is 0 Å². The number of benzene rings is 1. The lowest BCUT2D eigenvalue weighted by Crippen LogP contribution is -2.34. The molecule has 2 rings (SSSR count). The lowest BCUT2D eigenvalue weighted by molar-refractivity contribution is -0.135. The van der Waals surface area contributed by atoms with Crippen LogP contribution in [0.25, 0.3) is 0 Å². The number of halogens is 1. The molecule has 8 heteroatoms. The molecule has 0 radical (unpaired) electrons. The van der Waals surface area contributed by atoms with E-state index in [4.69, 9.17) is 5.73 Å². The summed E-state index contributed by atoms with van der Waals surface area (Å²) in [5.74, 6) is -0.792. The molecule has 0 spiro atoms. The van der Waals surface area contributed by atoms with E-state index in [-0.39, 0.29) is 10.6 Å². The Bertz CT molecular complexity index is 597. The zero-order chi connectivity index (χ0) is 14.0. The van der Waals surface area contributed by atoms with Crippen molar-refractivity contribution < 1.29 is 17.4 Å². The monoisotopic (exact) mass is 348 g/mol. The van der Waals surface area contributed by atoms with Crippen LogP contribution in [-0.4, -0.2) is 27.0 Å². The van der Waals surface area contributed by atoms with E-state index in [1.807, 2.05) is 0 Å². The molecule has 1 fully saturated rings. The van der Waals surface area contributed by atoms with Crippen molar-refractivity contribution in [2.75, 3.05) is 12.3 Å². The van der Waals surface area contributed by atoms with Crippen molar-refractivity contribution in [2.45, 2.75) is 23.8 Å². The van der Waals surface area contributed by atoms with Crippen LogP contribution < -0.4 is 11.1 Å². The van der Waals surface area contributed by atoms with Crippen LogP contribution in [0.2, 0.25) is 0 Å². The van der Waals surface area contributed by atoms with Gasteiger partial charge in [0, 0.05) is 4.47 Å². The fourth-order valence-electron chi connectivity index (χ4n) is 1.84. The maximum Gasteiger partial charge on any atom is 0.343 e. The second-order valence-electron chi connectivity index (χ2n) is 4.19. The molecule has 3 N–H and O–H groups in total. The van der Waals surface area contributed by atoms with Gasteiger partial charge in [0.25, 0.3) is 0 Å². The van der Waals surface area contributed by atoms with Gasteiger partial charge in [-0.25, -0.2) is 4.79 Å². The van der Waals surface area contributed by atoms with Crippen molar-refractivity contribution >= 4 is 37.7 Å². The lowest BCUT2D eigenvalue weighted by atomic mass is 10.2. The SMILES string of the molecule is Nc1cc(Br)ccc1S(=O)(=O)OC(=O)[C@@H]1CCCN1. The quantitative estimate of drug-likeness (QED) is 0.624. The summed E-state index contributed by atoms with van der Waals surface area (Å²) >= 11 is 3.18. The maximum atomic E-state index is 12.0. The summed E-state index contributed by atoms with van der Waals surface area (Å²) < 4.78 is 29.2. The van der Waals surface area contributed by atoms with Crippen LogP contribution in [0.3, 0.4) is 0 Å². The third kappa shape index (κ3) is 3.26. The Morgan fingerprint density at radius 1 is 1.47 bits per heavy atom. The number of carbonyl (C=O) groups excluding carboxylic acids is 1. The van der Waals surface area contributed by atoms with Crippen LogP contribution in [-0.2, 0) is 19.1 Å². The lowest BCUT2D eigenvalue weighted by Gasteiger charge is -2.11. The number of rotatable bonds is 3. The molecule has 0 saturated carbocycles. The average molecular weight is 349 g/mol. The van der Waals surface area contributed by atoms with E-state index in [0.717, 1.165) is 6.42 Å². The Balaban J connectivity index is 2.20. The number of carbonyl (C=O) groups is 1. The summed E-state index contributed by atoms with van der Waals surface area (Å²) in [5, 5.41) is 2.88. The molecule has 19 heavy (non-hydrogen) atoms. The highest BCUT2D eigenvalue weighted by Gasteiger charge is 2.30. The van der Waals surface area contributed by atoms with E-state index >= 15 is 0 Å². The number of nitrogens with two attached hydrogens (primary N) is 1. The van der Waals surface area contributed by atoms with Crippen LogP contribution in [0.15, 0.2) is 27.6 Å². The van der Waals surface area contributed by atoms with E-state index in [0.29, 0.717) is 17.4 Å². The first kappa shape index (κ1) is 14.3. The Morgan fingerprint density at radius 3 is 2.79 bits per heavy atom. The highest BCUT2D eigenvalue weighted by Crippen LogP contribution is 2.25. The van der Waals surface area contributed by atoms with E-state index < -0.39 is 22.1 Å². The predicted octanol–water partition coefficient (Wildman–Crippen LogP) is 1.02. The van der Waals surface area contributed by atoms with Crippen molar-refractivity contribution in [3.63, 3.8) is 0 Å². The zero-order valence-corrected chi connectivity index (χ0v) is 12.3. The van der Waals surface area contributed by atoms with E-state index in [1.54, 1.807) is 0 Å². The molecule has 0 aliphatic carbocycles. The molecule has 1 saturated heterocycles. The number of nitrogen functional groups attached to an aromatic ring is 1. The molecule has 0 bridgehead atoms. The fourth-order valence-corrected chi connectivity index (χ4v) is 3.23. The topological polar surface area (TPSA) is 98.5 Å². The molecule has 0 amide bonds. The van der Waals surface area contributed by atoms with Gasteiger partial charge in [0.05, 0.1) is 5.69 Å². The summed E-state index contributed by atoms with van der Waals surface area (Å²) in [4.78, 5) is 11.5. The van der Waals surface area contributed by atoms with E-state index in [1.165, 1.54) is 18.2 Å². The minimum Gasteiger partial charge on any atom is -0.398 e. The highest BCUT2D eigenvalue weighted by atomic mass is 79.9. The Kier molecular flexibility index (Phi) is 4.12. The Hall–Kier alpha value is -1.12. The summed E-state index contributed by atoms with van der Waals surface area (Å²) in [6.07, 6.45) is 1.39. The summed E-state index contributed by atoms with van der Waals surface area (Å²) in [7, 11) is -4.18. The highest BCUT2D eigenvalue weighted by molar-refractivity contribution is 9.10. The molecule has 1 atom stereocenters. The molecular formula is C11H13BrN2O4S. The molecular weight excluding hydrogens is 336 g/mol. The van der Waals surface area contributed by atoms with Gasteiger partial charge in [0.2, 0.25) is 0 Å². The van der Waals surface area contributed by atoms with Crippen LogP contribution >= 0.6 is 15.9 Å². The molecule has 0 unspecified atom stereocenters. The number of hydrogen-bond acceptors (Lipinski definition) is 6. The van der Waals surface area contributed by atoms with Gasteiger partial charge in [0.15, 0.2) is 0 Å². The van der Waals surface area contributed by atoms with Gasteiger partial charge in [-0.3, -0.25) is 0 Å². The van der Waals surface area contributed by atoms with Gasteiger partial charge in [-0.05, 0) is 37.6 Å². The molecule has 1 aromatic carbocycles. The first-order chi connectivity index (χ1) is 8.90. The van der Waals surface area contributed by atoms with Crippen LogP contribution in [0.4, 0.5) is 5.69 Å². The molecule has 6 nitrogen and oxygen atoms in total. The van der Waals surface area contributed by atoms with Crippen LogP contribution in [0.5, 0.6) is 0 Å². The first-order valence-corrected chi connectivity index (χ1v) is 7.87. The first-order valence-electron chi connectivity index (χ1n) is 5.67. The van der Waals surface area contributed by atoms with Gasteiger partial charge >= 0.3 is 16.1 Å². The minimum absolute atomic E-state index is 0.0292. The molecule has 1 aliphatic rings. The largest absolute Gasteiger partial charge is 0.398 e. The zero-order valence-electron chi connectivity index (χ0n) is 9.93. The van der Waals surface area contributed by atoms with Gasteiger partial charge in [0.1, 0.15) is 10.9 Å². The van der Waals surface area contributed by atoms with Gasteiger partial charge in [-0.2, -0.15) is 8.42 Å².